The van der Waals surface area contributed by atoms with E-state index in [1.165, 1.54) is 0 Å². The Bertz CT molecular complexity index is 502. The molecule has 0 unspecified atom stereocenters. The Hall–Kier alpha value is -1.32. The lowest BCUT2D eigenvalue weighted by Crippen LogP contribution is -2.43. The average Bonchev–Trinajstić information content (AvgIpc) is 2.73. The Morgan fingerprint density at radius 1 is 1.29 bits per heavy atom. The van der Waals surface area contributed by atoms with Crippen molar-refractivity contribution in [2.45, 2.75) is 25.9 Å². The SMILES string of the molecule is CN(Cc1coc2ccccc12)C(C)(C)CO. The van der Waals surface area contributed by atoms with E-state index in [4.69, 9.17) is 4.42 Å². The maximum Gasteiger partial charge on any atom is 0.134 e. The summed E-state index contributed by atoms with van der Waals surface area (Å²) < 4.78 is 5.51. The first-order valence-electron chi connectivity index (χ1n) is 5.82. The topological polar surface area (TPSA) is 36.6 Å². The molecule has 3 heteroatoms. The van der Waals surface area contributed by atoms with Crippen LogP contribution in [-0.4, -0.2) is 29.2 Å². The molecule has 0 atom stereocenters. The number of para-hydroxylation sites is 1. The third-order valence-corrected chi connectivity index (χ3v) is 3.39. The summed E-state index contributed by atoms with van der Waals surface area (Å²) in [6.07, 6.45) is 1.80. The van der Waals surface area contributed by atoms with Crippen molar-refractivity contribution in [3.63, 3.8) is 0 Å². The van der Waals surface area contributed by atoms with Gasteiger partial charge in [0.15, 0.2) is 0 Å². The maximum absolute atomic E-state index is 9.34. The first kappa shape index (κ1) is 12.1. The van der Waals surface area contributed by atoms with Gasteiger partial charge in [-0.15, -0.1) is 0 Å². The van der Waals surface area contributed by atoms with E-state index >= 15 is 0 Å². The third kappa shape index (κ3) is 2.35. The number of hydrogen-bond acceptors (Lipinski definition) is 3. The number of aliphatic hydroxyl groups is 1. The first-order valence-corrected chi connectivity index (χ1v) is 5.82. The van der Waals surface area contributed by atoms with Gasteiger partial charge in [0.2, 0.25) is 0 Å². The summed E-state index contributed by atoms with van der Waals surface area (Å²) in [4.78, 5) is 2.13. The van der Waals surface area contributed by atoms with Crippen LogP contribution in [0.25, 0.3) is 11.0 Å². The molecule has 92 valence electrons. The van der Waals surface area contributed by atoms with Crippen molar-refractivity contribution in [1.29, 1.82) is 0 Å². The molecule has 0 fully saturated rings. The van der Waals surface area contributed by atoms with E-state index < -0.39 is 0 Å². The van der Waals surface area contributed by atoms with E-state index in [-0.39, 0.29) is 12.1 Å². The van der Waals surface area contributed by atoms with Crippen LogP contribution >= 0.6 is 0 Å². The highest BCUT2D eigenvalue weighted by atomic mass is 16.3. The lowest BCUT2D eigenvalue weighted by Gasteiger charge is -2.33. The molecular weight excluding hydrogens is 214 g/mol. The molecule has 0 aliphatic heterocycles. The van der Waals surface area contributed by atoms with E-state index in [2.05, 4.69) is 11.0 Å². The molecule has 0 aliphatic carbocycles. The van der Waals surface area contributed by atoms with E-state index in [1.54, 1.807) is 6.26 Å². The molecule has 2 rings (SSSR count). The van der Waals surface area contributed by atoms with Crippen molar-refractivity contribution < 1.29 is 9.52 Å². The maximum atomic E-state index is 9.34. The summed E-state index contributed by atoms with van der Waals surface area (Å²) in [5, 5.41) is 10.5. The van der Waals surface area contributed by atoms with Gasteiger partial charge in [-0.3, -0.25) is 4.90 Å². The Balaban J connectivity index is 2.24. The van der Waals surface area contributed by atoms with Crippen molar-refractivity contribution >= 4 is 11.0 Å². The zero-order chi connectivity index (χ0) is 12.5. The second-order valence-corrected chi connectivity index (χ2v) is 5.08. The number of hydrogen-bond donors (Lipinski definition) is 1. The molecule has 1 aromatic heterocycles. The van der Waals surface area contributed by atoms with Crippen LogP contribution in [0.3, 0.4) is 0 Å². The second-order valence-electron chi connectivity index (χ2n) is 5.08. The summed E-state index contributed by atoms with van der Waals surface area (Å²) in [5.74, 6) is 0. The van der Waals surface area contributed by atoms with Crippen LogP contribution in [0.5, 0.6) is 0 Å². The van der Waals surface area contributed by atoms with E-state index in [1.807, 2.05) is 39.1 Å². The molecule has 17 heavy (non-hydrogen) atoms. The highest BCUT2D eigenvalue weighted by Crippen LogP contribution is 2.24. The summed E-state index contributed by atoms with van der Waals surface area (Å²) in [7, 11) is 2.01. The summed E-state index contributed by atoms with van der Waals surface area (Å²) in [6.45, 7) is 4.95. The van der Waals surface area contributed by atoms with Crippen LogP contribution < -0.4 is 0 Å². The number of nitrogens with zero attached hydrogens (tertiary/aromatic N) is 1. The molecule has 0 amide bonds. The average molecular weight is 233 g/mol. The molecule has 0 saturated carbocycles. The summed E-state index contributed by atoms with van der Waals surface area (Å²) >= 11 is 0. The van der Waals surface area contributed by atoms with Gasteiger partial charge in [0.1, 0.15) is 5.58 Å². The first-order chi connectivity index (χ1) is 8.04. The van der Waals surface area contributed by atoms with Gasteiger partial charge in [-0.1, -0.05) is 18.2 Å². The van der Waals surface area contributed by atoms with Gasteiger partial charge in [-0.2, -0.15) is 0 Å². The van der Waals surface area contributed by atoms with Crippen LogP contribution in [0.4, 0.5) is 0 Å². The molecule has 0 radical (unpaired) electrons. The highest BCUT2D eigenvalue weighted by Gasteiger charge is 2.23. The summed E-state index contributed by atoms with van der Waals surface area (Å²) in [6, 6.07) is 8.01. The van der Waals surface area contributed by atoms with E-state index in [0.29, 0.717) is 0 Å². The van der Waals surface area contributed by atoms with Gasteiger partial charge in [0, 0.05) is 23.0 Å². The number of furan rings is 1. The fraction of sp³-hybridized carbons (Fsp3) is 0.429. The number of likely N-dealkylation sites (N-methyl/N-ethyl adjacent to an activating group) is 1. The van der Waals surface area contributed by atoms with Crippen molar-refractivity contribution in [3.05, 3.63) is 36.1 Å². The number of aliphatic hydroxyl groups excluding tert-OH is 1. The lowest BCUT2D eigenvalue weighted by atomic mass is 10.0. The van der Waals surface area contributed by atoms with Crippen LogP contribution in [0.2, 0.25) is 0 Å². The predicted molar refractivity (Wildman–Crippen MR) is 68.8 cm³/mol. The van der Waals surface area contributed by atoms with Crippen LogP contribution in [-0.2, 0) is 6.54 Å². The van der Waals surface area contributed by atoms with Crippen LogP contribution in [0.1, 0.15) is 19.4 Å². The normalized spacial score (nSPS) is 12.5. The molecule has 3 nitrogen and oxygen atoms in total. The van der Waals surface area contributed by atoms with Crippen LogP contribution in [0, 0.1) is 0 Å². The molecule has 0 spiro atoms. The number of fused-ring (bicyclic) bond motifs is 1. The minimum Gasteiger partial charge on any atom is -0.464 e. The second kappa shape index (κ2) is 4.51. The standard InChI is InChI=1S/C14H19NO2/c1-14(2,10-16)15(3)8-11-9-17-13-7-5-4-6-12(11)13/h4-7,9,16H,8,10H2,1-3H3. The van der Waals surface area contributed by atoms with Gasteiger partial charge in [0.25, 0.3) is 0 Å². The molecule has 0 bridgehead atoms. The van der Waals surface area contributed by atoms with Crippen molar-refractivity contribution in [1.82, 2.24) is 4.90 Å². The molecule has 1 aromatic carbocycles. The number of rotatable bonds is 4. The van der Waals surface area contributed by atoms with Crippen molar-refractivity contribution in [3.8, 4) is 0 Å². The smallest absolute Gasteiger partial charge is 0.134 e. The zero-order valence-corrected chi connectivity index (χ0v) is 10.6. The lowest BCUT2D eigenvalue weighted by molar-refractivity contribution is 0.0735. The van der Waals surface area contributed by atoms with Gasteiger partial charge >= 0.3 is 0 Å². The molecule has 0 saturated heterocycles. The van der Waals surface area contributed by atoms with Gasteiger partial charge in [-0.25, -0.2) is 0 Å². The molecule has 1 N–H and O–H groups in total. The highest BCUT2D eigenvalue weighted by molar-refractivity contribution is 5.80. The quantitative estimate of drug-likeness (QED) is 0.882. The van der Waals surface area contributed by atoms with Gasteiger partial charge < -0.3 is 9.52 Å². The fourth-order valence-electron chi connectivity index (χ4n) is 1.75. The minimum absolute atomic E-state index is 0.138. The largest absolute Gasteiger partial charge is 0.464 e. The Labute approximate surface area is 102 Å². The van der Waals surface area contributed by atoms with E-state index in [9.17, 15) is 5.11 Å². The fourth-order valence-corrected chi connectivity index (χ4v) is 1.75. The van der Waals surface area contributed by atoms with Crippen molar-refractivity contribution in [2.75, 3.05) is 13.7 Å². The Morgan fingerprint density at radius 2 is 2.00 bits per heavy atom. The molecule has 0 aliphatic rings. The van der Waals surface area contributed by atoms with Gasteiger partial charge in [0.05, 0.1) is 12.9 Å². The summed E-state index contributed by atoms with van der Waals surface area (Å²) in [5.41, 5.74) is 1.85. The molecule has 1 heterocycles. The minimum atomic E-state index is -0.224. The Morgan fingerprint density at radius 3 is 2.71 bits per heavy atom. The monoisotopic (exact) mass is 233 g/mol. The van der Waals surface area contributed by atoms with E-state index in [0.717, 1.165) is 23.1 Å². The predicted octanol–water partition coefficient (Wildman–Crippen LogP) is 2.64. The van der Waals surface area contributed by atoms with Crippen LogP contribution in [0.15, 0.2) is 34.9 Å². The molecule has 2 aromatic rings. The van der Waals surface area contributed by atoms with Gasteiger partial charge in [-0.05, 0) is 27.0 Å². The molecular formula is C14H19NO2. The Kier molecular flexibility index (Phi) is 3.22. The zero-order valence-electron chi connectivity index (χ0n) is 10.6. The van der Waals surface area contributed by atoms with Crippen molar-refractivity contribution in [2.24, 2.45) is 0 Å². The number of benzene rings is 1. The third-order valence-electron chi connectivity index (χ3n) is 3.39.